The average Bonchev–Trinajstić information content (AvgIpc) is 2.72. The van der Waals surface area contributed by atoms with E-state index in [-0.39, 0.29) is 0 Å². The Morgan fingerprint density at radius 3 is 2.89 bits per heavy atom. The molecule has 0 radical (unpaired) electrons. The van der Waals surface area contributed by atoms with E-state index < -0.39 is 0 Å². The van der Waals surface area contributed by atoms with E-state index in [0.29, 0.717) is 0 Å². The molecule has 2 rings (SSSR count). The minimum Gasteiger partial charge on any atom is -0.497 e. The third-order valence-corrected chi connectivity index (χ3v) is 4.01. The Morgan fingerprint density at radius 1 is 1.42 bits per heavy atom. The van der Waals surface area contributed by atoms with Crippen molar-refractivity contribution in [2.24, 2.45) is 0 Å². The molecule has 2 aromatic rings. The average molecular weight is 324 g/mol. The Morgan fingerprint density at radius 2 is 2.21 bits per heavy atom. The molecule has 102 valence electrons. The number of aryl methyl sites for hydroxylation is 2. The molecule has 1 heterocycles. The third-order valence-electron chi connectivity index (χ3n) is 2.98. The molecule has 0 saturated heterocycles. The number of anilines is 1. The van der Waals surface area contributed by atoms with Crippen LogP contribution in [0.3, 0.4) is 0 Å². The van der Waals surface area contributed by atoms with E-state index in [1.807, 2.05) is 35.9 Å². The van der Waals surface area contributed by atoms with Gasteiger partial charge in [0.15, 0.2) is 0 Å². The summed E-state index contributed by atoms with van der Waals surface area (Å²) in [4.78, 5) is 0. The number of ether oxygens (including phenoxy) is 1. The highest BCUT2D eigenvalue weighted by atomic mass is 79.9. The van der Waals surface area contributed by atoms with Crippen LogP contribution in [0.5, 0.6) is 5.75 Å². The maximum Gasteiger partial charge on any atom is 0.120 e. The number of aromatic nitrogens is 2. The second-order valence-electron chi connectivity index (χ2n) is 4.25. The molecular formula is C14H18BrN3O. The summed E-state index contributed by atoms with van der Waals surface area (Å²) in [7, 11) is 1.67. The fraction of sp³-hybridized carbons (Fsp3) is 0.357. The third kappa shape index (κ3) is 3.10. The molecule has 0 saturated carbocycles. The van der Waals surface area contributed by atoms with Gasteiger partial charge in [-0.05, 0) is 41.9 Å². The number of hydrogen-bond donors (Lipinski definition) is 1. The molecule has 19 heavy (non-hydrogen) atoms. The number of hydrogen-bond acceptors (Lipinski definition) is 3. The van der Waals surface area contributed by atoms with Crippen molar-refractivity contribution in [3.63, 3.8) is 0 Å². The van der Waals surface area contributed by atoms with Crippen molar-refractivity contribution >= 4 is 21.6 Å². The summed E-state index contributed by atoms with van der Waals surface area (Å²) in [6.07, 6.45) is 0. The molecule has 0 unspecified atom stereocenters. The van der Waals surface area contributed by atoms with Crippen LogP contribution in [0.2, 0.25) is 0 Å². The summed E-state index contributed by atoms with van der Waals surface area (Å²) in [6.45, 7) is 5.68. The zero-order valence-corrected chi connectivity index (χ0v) is 13.0. The lowest BCUT2D eigenvalue weighted by atomic mass is 10.3. The van der Waals surface area contributed by atoms with Crippen molar-refractivity contribution < 1.29 is 4.74 Å². The Kier molecular flexibility index (Phi) is 4.47. The molecule has 0 fully saturated rings. The van der Waals surface area contributed by atoms with Crippen LogP contribution in [0.1, 0.15) is 18.3 Å². The zero-order valence-electron chi connectivity index (χ0n) is 11.4. The van der Waals surface area contributed by atoms with E-state index in [1.54, 1.807) is 7.11 Å². The van der Waals surface area contributed by atoms with Gasteiger partial charge in [-0.3, -0.25) is 4.68 Å². The van der Waals surface area contributed by atoms with Gasteiger partial charge in [-0.2, -0.15) is 5.10 Å². The van der Waals surface area contributed by atoms with Crippen molar-refractivity contribution in [1.29, 1.82) is 0 Å². The first-order chi connectivity index (χ1) is 9.15. The lowest BCUT2D eigenvalue weighted by Gasteiger charge is -2.10. The van der Waals surface area contributed by atoms with Crippen molar-refractivity contribution in [2.75, 3.05) is 12.4 Å². The van der Waals surface area contributed by atoms with Gasteiger partial charge in [0.2, 0.25) is 0 Å². The first kappa shape index (κ1) is 13.9. The molecule has 1 aromatic heterocycles. The van der Waals surface area contributed by atoms with Crippen molar-refractivity contribution in [1.82, 2.24) is 9.78 Å². The van der Waals surface area contributed by atoms with Gasteiger partial charge in [0.05, 0.1) is 29.5 Å². The molecule has 0 spiro atoms. The number of nitrogens with zero attached hydrogens (tertiary/aromatic N) is 2. The monoisotopic (exact) mass is 323 g/mol. The van der Waals surface area contributed by atoms with Gasteiger partial charge in [-0.15, -0.1) is 0 Å². The topological polar surface area (TPSA) is 39.1 Å². The van der Waals surface area contributed by atoms with E-state index in [1.165, 1.54) is 0 Å². The maximum absolute atomic E-state index is 5.21. The molecule has 0 aliphatic rings. The standard InChI is InChI=1S/C14H18BrN3O/c1-4-18-13(14(15)10(2)17-18)9-16-11-6-5-7-12(8-11)19-3/h5-8,16H,4,9H2,1-3H3. The van der Waals surface area contributed by atoms with Gasteiger partial charge in [0, 0.05) is 18.3 Å². The molecule has 0 amide bonds. The van der Waals surface area contributed by atoms with Crippen LogP contribution in [-0.4, -0.2) is 16.9 Å². The smallest absolute Gasteiger partial charge is 0.120 e. The van der Waals surface area contributed by atoms with E-state index in [9.17, 15) is 0 Å². The summed E-state index contributed by atoms with van der Waals surface area (Å²) in [5.41, 5.74) is 3.21. The van der Waals surface area contributed by atoms with Crippen LogP contribution in [0.15, 0.2) is 28.7 Å². The van der Waals surface area contributed by atoms with Crippen molar-refractivity contribution in [3.8, 4) is 5.75 Å². The van der Waals surface area contributed by atoms with Crippen molar-refractivity contribution in [3.05, 3.63) is 40.1 Å². The quantitative estimate of drug-likeness (QED) is 0.913. The summed E-state index contributed by atoms with van der Waals surface area (Å²) in [5.74, 6) is 0.851. The summed E-state index contributed by atoms with van der Waals surface area (Å²) in [5, 5.41) is 7.87. The summed E-state index contributed by atoms with van der Waals surface area (Å²) >= 11 is 3.60. The fourth-order valence-electron chi connectivity index (χ4n) is 1.96. The van der Waals surface area contributed by atoms with Gasteiger partial charge >= 0.3 is 0 Å². The van der Waals surface area contributed by atoms with Gasteiger partial charge in [-0.1, -0.05) is 6.07 Å². The predicted octanol–water partition coefficient (Wildman–Crippen LogP) is 3.59. The van der Waals surface area contributed by atoms with E-state index in [0.717, 1.165) is 40.4 Å². The lowest BCUT2D eigenvalue weighted by molar-refractivity contribution is 0.415. The number of rotatable bonds is 5. The largest absolute Gasteiger partial charge is 0.497 e. The molecule has 1 N–H and O–H groups in total. The zero-order chi connectivity index (χ0) is 13.8. The Bertz CT molecular complexity index is 566. The molecule has 0 aliphatic carbocycles. The molecule has 0 aliphatic heterocycles. The van der Waals surface area contributed by atoms with Crippen LogP contribution >= 0.6 is 15.9 Å². The van der Waals surface area contributed by atoms with Crippen LogP contribution < -0.4 is 10.1 Å². The number of halogens is 1. The normalized spacial score (nSPS) is 10.5. The highest BCUT2D eigenvalue weighted by molar-refractivity contribution is 9.10. The minimum atomic E-state index is 0.725. The molecule has 1 aromatic carbocycles. The van der Waals surface area contributed by atoms with Crippen LogP contribution in [0, 0.1) is 6.92 Å². The number of methoxy groups -OCH3 is 1. The van der Waals surface area contributed by atoms with Crippen LogP contribution in [0.4, 0.5) is 5.69 Å². The van der Waals surface area contributed by atoms with E-state index in [4.69, 9.17) is 4.74 Å². The molecular weight excluding hydrogens is 306 g/mol. The summed E-state index contributed by atoms with van der Waals surface area (Å²) < 4.78 is 8.29. The molecule has 0 bridgehead atoms. The Labute approximate surface area is 121 Å². The van der Waals surface area contributed by atoms with Crippen molar-refractivity contribution in [2.45, 2.75) is 26.9 Å². The minimum absolute atomic E-state index is 0.725. The Balaban J connectivity index is 2.14. The second-order valence-corrected chi connectivity index (χ2v) is 5.04. The summed E-state index contributed by atoms with van der Waals surface area (Å²) in [6, 6.07) is 7.91. The predicted molar refractivity (Wildman–Crippen MR) is 80.7 cm³/mol. The highest BCUT2D eigenvalue weighted by Gasteiger charge is 2.11. The van der Waals surface area contributed by atoms with Gasteiger partial charge in [-0.25, -0.2) is 0 Å². The molecule has 5 heteroatoms. The maximum atomic E-state index is 5.21. The first-order valence-electron chi connectivity index (χ1n) is 6.25. The van der Waals surface area contributed by atoms with Crippen LogP contribution in [-0.2, 0) is 13.1 Å². The highest BCUT2D eigenvalue weighted by Crippen LogP contribution is 2.23. The number of nitrogens with one attached hydrogen (secondary N) is 1. The molecule has 0 atom stereocenters. The van der Waals surface area contributed by atoms with Gasteiger partial charge < -0.3 is 10.1 Å². The Hall–Kier alpha value is -1.49. The van der Waals surface area contributed by atoms with E-state index in [2.05, 4.69) is 33.3 Å². The van der Waals surface area contributed by atoms with E-state index >= 15 is 0 Å². The van der Waals surface area contributed by atoms with Gasteiger partial charge in [0.1, 0.15) is 5.75 Å². The SMILES string of the molecule is CCn1nc(C)c(Br)c1CNc1cccc(OC)c1. The number of benzene rings is 1. The second kappa shape index (κ2) is 6.10. The first-order valence-corrected chi connectivity index (χ1v) is 7.04. The fourth-order valence-corrected chi connectivity index (χ4v) is 2.38. The molecule has 4 nitrogen and oxygen atoms in total. The van der Waals surface area contributed by atoms with Crippen LogP contribution in [0.25, 0.3) is 0 Å². The lowest BCUT2D eigenvalue weighted by Crippen LogP contribution is -2.08. The van der Waals surface area contributed by atoms with Gasteiger partial charge in [0.25, 0.3) is 0 Å².